The van der Waals surface area contributed by atoms with Crippen molar-refractivity contribution < 1.29 is 40.7 Å². The number of alkyl halides is 6. The molecule has 0 aromatic heterocycles. The summed E-state index contributed by atoms with van der Waals surface area (Å²) >= 11 is 0. The Balaban J connectivity index is 1.34. The lowest BCUT2D eigenvalue weighted by molar-refractivity contribution is -0.166. The Kier molecular flexibility index (Phi) is 5.59. The Morgan fingerprint density at radius 1 is 0.765 bits per heavy atom. The summed E-state index contributed by atoms with van der Waals surface area (Å²) in [6.45, 7) is -0.494. The maximum atomic E-state index is 13.1. The molecule has 8 nitrogen and oxygen atoms in total. The van der Waals surface area contributed by atoms with Gasteiger partial charge in [0.15, 0.2) is 6.73 Å². The Morgan fingerprint density at radius 3 is 1.50 bits per heavy atom. The molecule has 0 aliphatic carbocycles. The van der Waals surface area contributed by atoms with Gasteiger partial charge >= 0.3 is 18.3 Å². The van der Waals surface area contributed by atoms with E-state index in [0.29, 0.717) is 0 Å². The van der Waals surface area contributed by atoms with E-state index in [-0.39, 0.29) is 22.3 Å². The molecule has 2 aliphatic heterocycles. The van der Waals surface area contributed by atoms with Crippen LogP contribution in [-0.2, 0) is 16.1 Å². The third kappa shape index (κ3) is 4.09. The summed E-state index contributed by atoms with van der Waals surface area (Å²) in [5.74, 6) is -1.50. The Morgan fingerprint density at radius 2 is 1.15 bits per heavy atom. The van der Waals surface area contributed by atoms with Gasteiger partial charge in [0.2, 0.25) is 11.3 Å². The number of benzene rings is 2. The number of ether oxygens (including phenoxy) is 1. The molecule has 2 aromatic rings. The van der Waals surface area contributed by atoms with E-state index in [4.69, 9.17) is 4.74 Å². The summed E-state index contributed by atoms with van der Waals surface area (Å²) in [7, 11) is 1.31. The van der Waals surface area contributed by atoms with Crippen LogP contribution in [0.2, 0.25) is 0 Å². The minimum Gasteiger partial charge on any atom is -0.441 e. The van der Waals surface area contributed by atoms with Gasteiger partial charge in [0, 0.05) is 12.6 Å². The molecule has 1 amide bonds. The van der Waals surface area contributed by atoms with Gasteiger partial charge in [0.25, 0.3) is 5.91 Å². The van der Waals surface area contributed by atoms with Gasteiger partial charge in [-0.1, -0.05) is 24.3 Å². The van der Waals surface area contributed by atoms with Gasteiger partial charge in [-0.3, -0.25) is 4.79 Å². The number of nitrogens with one attached hydrogen (secondary N) is 4. The minimum atomic E-state index is -4.59. The SMILES string of the molecule is CN(COC(=O)c1ccc(C2(C(F)(F)F)NN2)cc1)C(=O)c1ccc(C2(C(F)(F)F)NN2)cc1. The minimum absolute atomic E-state index is 0.0335. The number of hydrogen-bond acceptors (Lipinski definition) is 7. The van der Waals surface area contributed by atoms with Crippen LogP contribution in [0.3, 0.4) is 0 Å². The highest BCUT2D eigenvalue weighted by Gasteiger charge is 2.66. The van der Waals surface area contributed by atoms with Gasteiger partial charge in [-0.05, 0) is 35.4 Å². The van der Waals surface area contributed by atoms with Crippen LogP contribution in [0.5, 0.6) is 0 Å². The first kappa shape index (κ1) is 23.9. The standard InChI is InChI=1S/C20H17F6N5O3/c1-31(15(32)11-2-6-13(7-3-11)17(27-28-17)19(21,22)23)10-34-16(33)12-4-8-14(9-5-12)18(29-30-18)20(24,25)26/h2-9,27-30H,10H2,1H3. The number of carbonyl (C=O) groups is 2. The quantitative estimate of drug-likeness (QED) is 0.212. The molecule has 0 bridgehead atoms. The summed E-state index contributed by atoms with van der Waals surface area (Å²) in [6.07, 6.45) is -9.17. The van der Waals surface area contributed by atoms with Crippen LogP contribution in [0.1, 0.15) is 31.8 Å². The van der Waals surface area contributed by atoms with Gasteiger partial charge < -0.3 is 9.64 Å². The van der Waals surface area contributed by atoms with Crippen molar-refractivity contribution in [1.29, 1.82) is 0 Å². The van der Waals surface area contributed by atoms with E-state index in [0.717, 1.165) is 41.3 Å². The number of amides is 1. The van der Waals surface area contributed by atoms with Crippen LogP contribution in [-0.4, -0.2) is 42.9 Å². The van der Waals surface area contributed by atoms with Crippen LogP contribution in [0.25, 0.3) is 0 Å². The largest absolute Gasteiger partial charge is 0.441 e. The molecule has 14 heteroatoms. The molecule has 2 aromatic carbocycles. The van der Waals surface area contributed by atoms with Crippen molar-refractivity contribution in [3.63, 3.8) is 0 Å². The third-order valence-corrected chi connectivity index (χ3v) is 5.45. The van der Waals surface area contributed by atoms with E-state index in [1.165, 1.54) is 19.2 Å². The molecule has 2 fully saturated rings. The molecule has 182 valence electrons. The molecule has 0 radical (unpaired) electrons. The fourth-order valence-electron chi connectivity index (χ4n) is 3.26. The Bertz CT molecular complexity index is 1090. The lowest BCUT2D eigenvalue weighted by Gasteiger charge is -2.19. The van der Waals surface area contributed by atoms with E-state index in [1.807, 2.05) is 10.9 Å². The van der Waals surface area contributed by atoms with Crippen molar-refractivity contribution in [1.82, 2.24) is 26.6 Å². The molecule has 4 rings (SSSR count). The molecular weight excluding hydrogens is 472 g/mol. The molecule has 4 N–H and O–H groups in total. The number of esters is 1. The topological polar surface area (TPSA) is 134 Å². The Hall–Kier alpha value is -3.20. The number of nitrogens with zero attached hydrogens (tertiary/aromatic N) is 1. The van der Waals surface area contributed by atoms with Crippen molar-refractivity contribution in [2.45, 2.75) is 23.7 Å². The summed E-state index contributed by atoms with van der Waals surface area (Å²) in [5.41, 5.74) is 3.25. The van der Waals surface area contributed by atoms with Crippen molar-refractivity contribution in [2.24, 2.45) is 0 Å². The van der Waals surface area contributed by atoms with E-state index in [2.05, 4.69) is 10.9 Å². The highest BCUT2D eigenvalue weighted by Crippen LogP contribution is 2.43. The predicted molar refractivity (Wildman–Crippen MR) is 103 cm³/mol. The van der Waals surface area contributed by atoms with Gasteiger partial charge in [-0.2, -0.15) is 26.3 Å². The van der Waals surface area contributed by atoms with Crippen molar-refractivity contribution in [2.75, 3.05) is 13.8 Å². The second-order valence-electron chi connectivity index (χ2n) is 7.71. The molecule has 0 spiro atoms. The lowest BCUT2D eigenvalue weighted by Crippen LogP contribution is -2.35. The number of carbonyl (C=O) groups excluding carboxylic acids is 2. The number of hydrazine groups is 2. The van der Waals surface area contributed by atoms with Gasteiger partial charge in [0.05, 0.1) is 5.56 Å². The van der Waals surface area contributed by atoms with Crippen molar-refractivity contribution >= 4 is 11.9 Å². The molecule has 2 aliphatic rings. The second-order valence-corrected chi connectivity index (χ2v) is 7.71. The summed E-state index contributed by atoms with van der Waals surface area (Å²) in [4.78, 5) is 25.7. The van der Waals surface area contributed by atoms with Crippen molar-refractivity contribution in [3.05, 3.63) is 70.8 Å². The van der Waals surface area contributed by atoms with Gasteiger partial charge in [-0.25, -0.2) is 26.5 Å². The third-order valence-electron chi connectivity index (χ3n) is 5.45. The second kappa shape index (κ2) is 7.94. The summed E-state index contributed by atoms with van der Waals surface area (Å²) < 4.78 is 83.6. The molecule has 0 atom stereocenters. The van der Waals surface area contributed by atoms with Gasteiger partial charge in [0.1, 0.15) is 0 Å². The first-order valence-corrected chi connectivity index (χ1v) is 9.66. The molecule has 0 saturated carbocycles. The maximum Gasteiger partial charge on any atom is 0.426 e. The molecule has 34 heavy (non-hydrogen) atoms. The zero-order chi connectivity index (χ0) is 24.9. The molecule has 0 unspecified atom stereocenters. The average Bonchev–Trinajstić information content (AvgIpc) is 3.69. The summed E-state index contributed by atoms with van der Waals surface area (Å²) in [5, 5.41) is 0. The summed E-state index contributed by atoms with van der Waals surface area (Å²) in [6, 6.07) is 9.25. The smallest absolute Gasteiger partial charge is 0.426 e. The van der Waals surface area contributed by atoms with E-state index in [1.54, 1.807) is 0 Å². The fraction of sp³-hybridized carbons (Fsp3) is 0.300. The first-order valence-electron chi connectivity index (χ1n) is 9.66. The van der Waals surface area contributed by atoms with Crippen LogP contribution < -0.4 is 21.7 Å². The monoisotopic (exact) mass is 489 g/mol. The highest BCUT2D eigenvalue weighted by atomic mass is 19.4. The molecule has 2 saturated heterocycles. The number of hydrogen-bond donors (Lipinski definition) is 4. The first-order chi connectivity index (χ1) is 15.8. The maximum absolute atomic E-state index is 13.1. The fourth-order valence-corrected chi connectivity index (χ4v) is 3.26. The zero-order valence-electron chi connectivity index (χ0n) is 17.3. The zero-order valence-corrected chi connectivity index (χ0v) is 17.3. The van der Waals surface area contributed by atoms with Crippen molar-refractivity contribution in [3.8, 4) is 0 Å². The van der Waals surface area contributed by atoms with Crippen LogP contribution in [0.15, 0.2) is 48.5 Å². The van der Waals surface area contributed by atoms with E-state index < -0.39 is 42.3 Å². The average molecular weight is 489 g/mol. The molecule has 2 heterocycles. The highest BCUT2D eigenvalue weighted by molar-refractivity contribution is 5.94. The predicted octanol–water partition coefficient (Wildman–Crippen LogP) is 2.22. The van der Waals surface area contributed by atoms with Crippen LogP contribution >= 0.6 is 0 Å². The van der Waals surface area contributed by atoms with E-state index in [9.17, 15) is 35.9 Å². The van der Waals surface area contributed by atoms with Crippen LogP contribution in [0.4, 0.5) is 26.3 Å². The van der Waals surface area contributed by atoms with Crippen LogP contribution in [0, 0.1) is 0 Å². The molecular formula is C20H17F6N5O3. The normalized spacial score (nSPS) is 18.2. The number of halogens is 6. The van der Waals surface area contributed by atoms with E-state index >= 15 is 0 Å². The Labute approximate surface area is 188 Å². The van der Waals surface area contributed by atoms with Gasteiger partial charge in [-0.15, -0.1) is 0 Å². The lowest BCUT2D eigenvalue weighted by atomic mass is 10.0. The number of rotatable bonds is 6.